The summed E-state index contributed by atoms with van der Waals surface area (Å²) in [5.74, 6) is 0.430. The van der Waals surface area contributed by atoms with Crippen LogP contribution in [-0.4, -0.2) is 82.4 Å². The van der Waals surface area contributed by atoms with Crippen LogP contribution in [0.15, 0.2) is 23.2 Å². The predicted octanol–water partition coefficient (Wildman–Crippen LogP) is 1.90. The number of guanidine groups is 1. The average molecular weight is 558 g/mol. The van der Waals surface area contributed by atoms with Crippen LogP contribution in [0.1, 0.15) is 19.4 Å². The molecular formula is C19H32FIN4O4S. The molecule has 0 aliphatic carbocycles. The quantitative estimate of drug-likeness (QED) is 0.298. The van der Waals surface area contributed by atoms with Crippen molar-refractivity contribution in [2.24, 2.45) is 4.99 Å². The third-order valence-corrected chi connectivity index (χ3v) is 6.44. The van der Waals surface area contributed by atoms with Gasteiger partial charge in [-0.25, -0.2) is 12.8 Å². The van der Waals surface area contributed by atoms with Gasteiger partial charge in [-0.15, -0.1) is 24.0 Å². The fourth-order valence-corrected chi connectivity index (χ4v) is 4.31. The number of methoxy groups -OCH3 is 1. The van der Waals surface area contributed by atoms with Gasteiger partial charge in [0.15, 0.2) is 17.5 Å². The number of halogens is 2. The van der Waals surface area contributed by atoms with Gasteiger partial charge in [-0.1, -0.05) is 6.07 Å². The molecule has 11 heteroatoms. The van der Waals surface area contributed by atoms with Crippen LogP contribution < -0.4 is 10.1 Å². The summed E-state index contributed by atoms with van der Waals surface area (Å²) in [6.07, 6.45) is 0.00984. The fourth-order valence-electron chi connectivity index (χ4n) is 3.03. The van der Waals surface area contributed by atoms with Gasteiger partial charge < -0.3 is 19.7 Å². The maximum atomic E-state index is 13.8. The van der Waals surface area contributed by atoms with Crippen molar-refractivity contribution >= 4 is 40.0 Å². The summed E-state index contributed by atoms with van der Waals surface area (Å²) in [4.78, 5) is 6.26. The Morgan fingerprint density at radius 3 is 2.47 bits per heavy atom. The molecule has 1 saturated heterocycles. The van der Waals surface area contributed by atoms with Crippen molar-refractivity contribution in [1.29, 1.82) is 0 Å². The van der Waals surface area contributed by atoms with E-state index in [0.717, 1.165) is 5.56 Å². The van der Waals surface area contributed by atoms with Crippen LogP contribution in [-0.2, 0) is 21.3 Å². The maximum absolute atomic E-state index is 13.8. The number of sulfonamides is 1. The molecule has 0 radical (unpaired) electrons. The Morgan fingerprint density at radius 2 is 1.93 bits per heavy atom. The highest BCUT2D eigenvalue weighted by atomic mass is 127. The molecule has 1 aromatic carbocycles. The number of hydrogen-bond donors (Lipinski definition) is 1. The van der Waals surface area contributed by atoms with Crippen LogP contribution in [0.4, 0.5) is 4.39 Å². The molecule has 8 nitrogen and oxygen atoms in total. The van der Waals surface area contributed by atoms with E-state index in [9.17, 15) is 12.8 Å². The standard InChI is InChI=1S/C19H31FN4O4S.HI/c1-15(2)28-11-12-29(25,26)24-9-7-23(8-10-24)19(21-3)22-14-16-5-6-18(27-4)17(20)13-16;/h5-6,13,15H,7-12,14H2,1-4H3,(H,21,22);1H. The Kier molecular flexibility index (Phi) is 11.3. The largest absolute Gasteiger partial charge is 0.494 e. The molecule has 30 heavy (non-hydrogen) atoms. The molecule has 0 amide bonds. The molecule has 2 rings (SSSR count). The van der Waals surface area contributed by atoms with Crippen molar-refractivity contribution in [3.05, 3.63) is 29.6 Å². The van der Waals surface area contributed by atoms with Gasteiger partial charge in [0.05, 0.1) is 25.6 Å². The third kappa shape index (κ3) is 7.82. The smallest absolute Gasteiger partial charge is 0.216 e. The van der Waals surface area contributed by atoms with E-state index >= 15 is 0 Å². The summed E-state index contributed by atoms with van der Waals surface area (Å²) >= 11 is 0. The van der Waals surface area contributed by atoms with Crippen molar-refractivity contribution < 1.29 is 22.3 Å². The van der Waals surface area contributed by atoms with Gasteiger partial charge in [0, 0.05) is 39.8 Å². The lowest BCUT2D eigenvalue weighted by Crippen LogP contribution is -2.54. The lowest BCUT2D eigenvalue weighted by molar-refractivity contribution is 0.0904. The van der Waals surface area contributed by atoms with Gasteiger partial charge in [0.1, 0.15) is 0 Å². The second-order valence-electron chi connectivity index (χ2n) is 6.99. The van der Waals surface area contributed by atoms with Crippen molar-refractivity contribution in [2.75, 3.05) is 52.7 Å². The first-order valence-corrected chi connectivity index (χ1v) is 11.2. The summed E-state index contributed by atoms with van der Waals surface area (Å²) in [5, 5.41) is 3.20. The zero-order valence-electron chi connectivity index (χ0n) is 17.9. The van der Waals surface area contributed by atoms with Crippen LogP contribution in [0, 0.1) is 5.82 Å². The molecule has 0 atom stereocenters. The normalized spacial score (nSPS) is 15.8. The molecule has 1 aliphatic rings. The van der Waals surface area contributed by atoms with E-state index in [4.69, 9.17) is 9.47 Å². The molecule has 1 fully saturated rings. The number of benzene rings is 1. The van der Waals surface area contributed by atoms with Crippen molar-refractivity contribution in [2.45, 2.75) is 26.5 Å². The Morgan fingerprint density at radius 1 is 1.27 bits per heavy atom. The average Bonchev–Trinajstić information content (AvgIpc) is 2.68. The second-order valence-corrected chi connectivity index (χ2v) is 9.08. The molecule has 1 aromatic rings. The molecule has 1 heterocycles. The number of hydrogen-bond acceptors (Lipinski definition) is 5. The van der Waals surface area contributed by atoms with E-state index < -0.39 is 15.8 Å². The van der Waals surface area contributed by atoms with Gasteiger partial charge in [-0.3, -0.25) is 4.99 Å². The highest BCUT2D eigenvalue weighted by Gasteiger charge is 2.28. The third-order valence-electron chi connectivity index (χ3n) is 4.60. The van der Waals surface area contributed by atoms with Crippen LogP contribution in [0.5, 0.6) is 5.75 Å². The maximum Gasteiger partial charge on any atom is 0.216 e. The zero-order valence-corrected chi connectivity index (χ0v) is 21.1. The van der Waals surface area contributed by atoms with Crippen LogP contribution in [0.25, 0.3) is 0 Å². The summed E-state index contributed by atoms with van der Waals surface area (Å²) in [6.45, 7) is 6.20. The van der Waals surface area contributed by atoms with Crippen molar-refractivity contribution in [3.63, 3.8) is 0 Å². The van der Waals surface area contributed by atoms with Gasteiger partial charge in [0.2, 0.25) is 10.0 Å². The Balaban J connectivity index is 0.00000450. The van der Waals surface area contributed by atoms with Crippen LogP contribution >= 0.6 is 24.0 Å². The van der Waals surface area contributed by atoms with E-state index in [1.807, 2.05) is 18.7 Å². The Bertz CT molecular complexity index is 800. The number of nitrogens with zero attached hydrogens (tertiary/aromatic N) is 3. The van der Waals surface area contributed by atoms with Gasteiger partial charge in [0.25, 0.3) is 0 Å². The number of rotatable bonds is 8. The van der Waals surface area contributed by atoms with E-state index in [2.05, 4.69) is 10.3 Å². The fraction of sp³-hybridized carbons (Fsp3) is 0.632. The number of aliphatic imine (C=N–C) groups is 1. The zero-order chi connectivity index (χ0) is 21.4. The molecule has 172 valence electrons. The summed E-state index contributed by atoms with van der Waals surface area (Å²) < 4.78 is 50.5. The van der Waals surface area contributed by atoms with E-state index in [0.29, 0.717) is 38.7 Å². The van der Waals surface area contributed by atoms with Crippen LogP contribution in [0.3, 0.4) is 0 Å². The topological polar surface area (TPSA) is 83.5 Å². The molecule has 1 aliphatic heterocycles. The van der Waals surface area contributed by atoms with Crippen molar-refractivity contribution in [1.82, 2.24) is 14.5 Å². The Hall–Kier alpha value is -1.18. The van der Waals surface area contributed by atoms with E-state index in [-0.39, 0.29) is 48.2 Å². The molecule has 0 aromatic heterocycles. The highest BCUT2D eigenvalue weighted by molar-refractivity contribution is 14.0. The first kappa shape index (κ1) is 26.9. The second kappa shape index (κ2) is 12.6. The lowest BCUT2D eigenvalue weighted by atomic mass is 10.2. The first-order valence-electron chi connectivity index (χ1n) is 9.64. The number of ether oxygens (including phenoxy) is 2. The summed E-state index contributed by atoms with van der Waals surface area (Å²) in [7, 11) is -0.238. The summed E-state index contributed by atoms with van der Waals surface area (Å²) in [6, 6.07) is 4.79. The molecule has 0 bridgehead atoms. The van der Waals surface area contributed by atoms with E-state index in [1.165, 1.54) is 17.5 Å². The first-order chi connectivity index (χ1) is 13.8. The van der Waals surface area contributed by atoms with Crippen molar-refractivity contribution in [3.8, 4) is 5.75 Å². The van der Waals surface area contributed by atoms with Gasteiger partial charge >= 0.3 is 0 Å². The van der Waals surface area contributed by atoms with Crippen LogP contribution in [0.2, 0.25) is 0 Å². The number of nitrogens with one attached hydrogen (secondary N) is 1. The van der Waals surface area contributed by atoms with Gasteiger partial charge in [-0.2, -0.15) is 4.31 Å². The SMILES string of the molecule is CN=C(NCc1ccc(OC)c(F)c1)N1CCN(S(=O)(=O)CCOC(C)C)CC1.I. The van der Waals surface area contributed by atoms with Gasteiger partial charge in [-0.05, 0) is 31.5 Å². The minimum Gasteiger partial charge on any atom is -0.494 e. The predicted molar refractivity (Wildman–Crippen MR) is 127 cm³/mol. The molecule has 0 spiro atoms. The highest BCUT2D eigenvalue weighted by Crippen LogP contribution is 2.17. The molecular weight excluding hydrogens is 526 g/mol. The minimum absolute atomic E-state index is 0. The summed E-state index contributed by atoms with van der Waals surface area (Å²) in [5.41, 5.74) is 0.760. The molecule has 1 N–H and O–H groups in total. The molecule has 0 unspecified atom stereocenters. The minimum atomic E-state index is -3.33. The number of piperazine rings is 1. The lowest BCUT2D eigenvalue weighted by Gasteiger charge is -2.35. The molecule has 0 saturated carbocycles. The Labute approximate surface area is 195 Å². The monoisotopic (exact) mass is 558 g/mol. The van der Waals surface area contributed by atoms with E-state index in [1.54, 1.807) is 19.2 Å².